The lowest BCUT2D eigenvalue weighted by molar-refractivity contribution is 0.495. The van der Waals surface area contributed by atoms with Crippen LogP contribution in [0.5, 0.6) is 0 Å². The first-order chi connectivity index (χ1) is 4.93. The molecule has 10 heavy (non-hydrogen) atoms. The van der Waals surface area contributed by atoms with Crippen molar-refractivity contribution in [2.75, 3.05) is 20.1 Å². The monoisotopic (exact) mass is 140 g/mol. The smallest absolute Gasteiger partial charge is 0.0198 e. The van der Waals surface area contributed by atoms with Gasteiger partial charge in [0.15, 0.2) is 0 Å². The van der Waals surface area contributed by atoms with Crippen LogP contribution in [-0.4, -0.2) is 26.2 Å². The summed E-state index contributed by atoms with van der Waals surface area (Å²) in [5, 5.41) is 6.61. The lowest BCUT2D eigenvalue weighted by Gasteiger charge is -2.14. The van der Waals surface area contributed by atoms with Crippen molar-refractivity contribution in [2.24, 2.45) is 0 Å². The fraction of sp³-hybridized carbons (Fsp3) is 0.750. The molecule has 0 aromatic rings. The fourth-order valence-corrected chi connectivity index (χ4v) is 1.26. The minimum absolute atomic E-state index is 0.667. The van der Waals surface area contributed by atoms with E-state index in [1.807, 2.05) is 7.05 Å². The molecule has 1 heterocycles. The van der Waals surface area contributed by atoms with Crippen LogP contribution in [-0.2, 0) is 0 Å². The first kappa shape index (κ1) is 7.76. The molecule has 58 valence electrons. The molecule has 2 nitrogen and oxygen atoms in total. The highest BCUT2D eigenvalue weighted by atomic mass is 15.0. The van der Waals surface area contributed by atoms with Gasteiger partial charge in [0.1, 0.15) is 0 Å². The summed E-state index contributed by atoms with van der Waals surface area (Å²) in [6.07, 6.45) is 6.94. The number of rotatable bonds is 2. The van der Waals surface area contributed by atoms with Gasteiger partial charge in [0.2, 0.25) is 0 Å². The maximum absolute atomic E-state index is 3.43. The van der Waals surface area contributed by atoms with Crippen LogP contribution in [0.3, 0.4) is 0 Å². The summed E-state index contributed by atoms with van der Waals surface area (Å²) in [6, 6.07) is 0.667. The number of hydrogen-bond donors (Lipinski definition) is 2. The van der Waals surface area contributed by atoms with Crippen LogP contribution < -0.4 is 10.6 Å². The standard InChI is InChI=1S/C8H16N2/c1-9-7-8-5-3-2-4-6-10-8/h2,4,8-10H,3,5-7H2,1H3. The van der Waals surface area contributed by atoms with Gasteiger partial charge in [-0.15, -0.1) is 0 Å². The van der Waals surface area contributed by atoms with E-state index in [0.29, 0.717) is 6.04 Å². The molecule has 0 saturated carbocycles. The van der Waals surface area contributed by atoms with Crippen molar-refractivity contribution in [1.29, 1.82) is 0 Å². The van der Waals surface area contributed by atoms with E-state index in [1.165, 1.54) is 12.8 Å². The van der Waals surface area contributed by atoms with Gasteiger partial charge < -0.3 is 10.6 Å². The zero-order valence-electron chi connectivity index (χ0n) is 6.56. The Hall–Kier alpha value is -0.340. The van der Waals surface area contributed by atoms with E-state index in [0.717, 1.165) is 13.1 Å². The van der Waals surface area contributed by atoms with Crippen molar-refractivity contribution in [3.8, 4) is 0 Å². The molecule has 0 fully saturated rings. The first-order valence-corrected chi connectivity index (χ1v) is 3.96. The van der Waals surface area contributed by atoms with Crippen molar-refractivity contribution < 1.29 is 0 Å². The molecule has 1 aliphatic heterocycles. The molecular formula is C8H16N2. The van der Waals surface area contributed by atoms with E-state index < -0.39 is 0 Å². The van der Waals surface area contributed by atoms with Crippen molar-refractivity contribution in [2.45, 2.75) is 18.9 Å². The number of nitrogens with one attached hydrogen (secondary N) is 2. The molecule has 1 aliphatic rings. The molecule has 0 saturated heterocycles. The highest BCUT2D eigenvalue weighted by Crippen LogP contribution is 2.00. The van der Waals surface area contributed by atoms with Crippen LogP contribution in [0.1, 0.15) is 12.8 Å². The van der Waals surface area contributed by atoms with Gasteiger partial charge in [0.25, 0.3) is 0 Å². The van der Waals surface area contributed by atoms with E-state index in [1.54, 1.807) is 0 Å². The topological polar surface area (TPSA) is 24.1 Å². The van der Waals surface area contributed by atoms with Crippen LogP contribution in [0.4, 0.5) is 0 Å². The maximum Gasteiger partial charge on any atom is 0.0198 e. The summed E-state index contributed by atoms with van der Waals surface area (Å²) < 4.78 is 0. The zero-order chi connectivity index (χ0) is 7.23. The number of allylic oxidation sites excluding steroid dienone is 1. The molecule has 0 spiro atoms. The Kier molecular flexibility index (Phi) is 3.47. The molecule has 0 aliphatic carbocycles. The molecule has 0 radical (unpaired) electrons. The Bertz CT molecular complexity index is 99.8. The van der Waals surface area contributed by atoms with Crippen molar-refractivity contribution in [1.82, 2.24) is 10.6 Å². The summed E-state index contributed by atoms with van der Waals surface area (Å²) in [6.45, 7) is 2.12. The lowest BCUT2D eigenvalue weighted by atomic mass is 10.2. The molecule has 1 atom stereocenters. The Morgan fingerprint density at radius 2 is 2.50 bits per heavy atom. The van der Waals surface area contributed by atoms with Gasteiger partial charge in [-0.1, -0.05) is 12.2 Å². The second-order valence-electron chi connectivity index (χ2n) is 2.71. The van der Waals surface area contributed by atoms with Gasteiger partial charge in [-0.25, -0.2) is 0 Å². The van der Waals surface area contributed by atoms with Gasteiger partial charge in [0, 0.05) is 19.1 Å². The average Bonchev–Trinajstić information content (AvgIpc) is 2.17. The SMILES string of the molecule is CNCC1CCC=CCN1. The van der Waals surface area contributed by atoms with Gasteiger partial charge in [-0.3, -0.25) is 0 Å². The summed E-state index contributed by atoms with van der Waals surface area (Å²) in [5.74, 6) is 0. The first-order valence-electron chi connectivity index (χ1n) is 3.96. The van der Waals surface area contributed by atoms with Crippen LogP contribution in [0.15, 0.2) is 12.2 Å². The number of likely N-dealkylation sites (N-methyl/N-ethyl adjacent to an activating group) is 1. The van der Waals surface area contributed by atoms with E-state index in [-0.39, 0.29) is 0 Å². The summed E-state index contributed by atoms with van der Waals surface area (Å²) in [4.78, 5) is 0. The predicted octanol–water partition coefficient (Wildman–Crippen LogP) is 0.514. The van der Waals surface area contributed by atoms with Crippen LogP contribution in [0.2, 0.25) is 0 Å². The molecule has 0 bridgehead atoms. The Morgan fingerprint density at radius 3 is 3.30 bits per heavy atom. The third-order valence-electron chi connectivity index (χ3n) is 1.82. The van der Waals surface area contributed by atoms with Crippen LogP contribution in [0, 0.1) is 0 Å². The normalized spacial score (nSPS) is 26.3. The van der Waals surface area contributed by atoms with Crippen LogP contribution in [0.25, 0.3) is 0 Å². The van der Waals surface area contributed by atoms with Gasteiger partial charge in [-0.2, -0.15) is 0 Å². The fourth-order valence-electron chi connectivity index (χ4n) is 1.26. The summed E-state index contributed by atoms with van der Waals surface area (Å²) in [7, 11) is 2.00. The molecule has 0 amide bonds. The van der Waals surface area contributed by atoms with Gasteiger partial charge in [0.05, 0.1) is 0 Å². The highest BCUT2D eigenvalue weighted by Gasteiger charge is 2.05. The molecule has 1 unspecified atom stereocenters. The Morgan fingerprint density at radius 1 is 1.60 bits per heavy atom. The predicted molar refractivity (Wildman–Crippen MR) is 44.1 cm³/mol. The summed E-state index contributed by atoms with van der Waals surface area (Å²) in [5.41, 5.74) is 0. The Balaban J connectivity index is 2.20. The Labute approximate surface area is 62.7 Å². The quantitative estimate of drug-likeness (QED) is 0.546. The van der Waals surface area contributed by atoms with Crippen molar-refractivity contribution in [3.05, 3.63) is 12.2 Å². The molecule has 0 aromatic carbocycles. The maximum atomic E-state index is 3.43. The van der Waals surface area contributed by atoms with E-state index in [4.69, 9.17) is 0 Å². The summed E-state index contributed by atoms with van der Waals surface area (Å²) >= 11 is 0. The lowest BCUT2D eigenvalue weighted by Crippen LogP contribution is -2.36. The van der Waals surface area contributed by atoms with E-state index in [2.05, 4.69) is 22.8 Å². The zero-order valence-corrected chi connectivity index (χ0v) is 6.56. The van der Waals surface area contributed by atoms with Gasteiger partial charge >= 0.3 is 0 Å². The van der Waals surface area contributed by atoms with Gasteiger partial charge in [-0.05, 0) is 19.9 Å². The molecular weight excluding hydrogens is 124 g/mol. The van der Waals surface area contributed by atoms with Crippen molar-refractivity contribution in [3.63, 3.8) is 0 Å². The molecule has 0 aromatic heterocycles. The molecule has 2 N–H and O–H groups in total. The third kappa shape index (κ3) is 2.50. The molecule has 1 rings (SSSR count). The number of hydrogen-bond acceptors (Lipinski definition) is 2. The largest absolute Gasteiger partial charge is 0.318 e. The second kappa shape index (κ2) is 4.47. The van der Waals surface area contributed by atoms with E-state index >= 15 is 0 Å². The molecule has 2 heteroatoms. The van der Waals surface area contributed by atoms with Crippen LogP contribution >= 0.6 is 0 Å². The third-order valence-corrected chi connectivity index (χ3v) is 1.82. The van der Waals surface area contributed by atoms with Crippen molar-refractivity contribution >= 4 is 0 Å². The highest BCUT2D eigenvalue weighted by molar-refractivity contribution is 4.90. The van der Waals surface area contributed by atoms with E-state index in [9.17, 15) is 0 Å². The second-order valence-corrected chi connectivity index (χ2v) is 2.71. The minimum atomic E-state index is 0.667. The minimum Gasteiger partial charge on any atom is -0.318 e. The average molecular weight is 140 g/mol.